The molecule has 0 saturated carbocycles. The number of piperidine rings is 1. The number of rotatable bonds is 1. The van der Waals surface area contributed by atoms with E-state index in [1.54, 1.807) is 0 Å². The molecule has 0 amide bonds. The molecular formula is C9H19N. The van der Waals surface area contributed by atoms with Crippen LogP contribution in [0.1, 0.15) is 27.2 Å². The Bertz CT molecular complexity index is 101. The van der Waals surface area contributed by atoms with Gasteiger partial charge in [0.15, 0.2) is 0 Å². The van der Waals surface area contributed by atoms with Gasteiger partial charge < -0.3 is 5.32 Å². The van der Waals surface area contributed by atoms with Gasteiger partial charge in [-0.05, 0) is 38.8 Å². The second kappa shape index (κ2) is 4.51. The Morgan fingerprint density at radius 1 is 1.40 bits per heavy atom. The first-order valence-electron chi connectivity index (χ1n) is 3.67. The number of hydrogen-bond donors (Lipinski definition) is 1. The molecule has 0 spiro atoms. The summed E-state index contributed by atoms with van der Waals surface area (Å²) in [4.78, 5) is 0. The quantitative estimate of drug-likeness (QED) is 0.552. The Balaban J connectivity index is 0.000000810. The van der Waals surface area contributed by atoms with E-state index in [2.05, 4.69) is 18.8 Å². The fraction of sp³-hybridized carbons (Fsp3) is 0.778. The maximum Gasteiger partial charge on any atom is -0.00432 e. The van der Waals surface area contributed by atoms with Crippen molar-refractivity contribution in [1.29, 1.82) is 0 Å². The Labute approximate surface area is 64.5 Å². The van der Waals surface area contributed by atoms with Crippen LogP contribution in [-0.2, 0) is 0 Å². The Morgan fingerprint density at radius 3 is 2.20 bits per heavy atom. The zero-order valence-corrected chi connectivity index (χ0v) is 6.11. The molecule has 0 unspecified atom stereocenters. The molecule has 10 heavy (non-hydrogen) atoms. The van der Waals surface area contributed by atoms with E-state index >= 15 is 0 Å². The number of allylic oxidation sites excluding steroid dienone is 1. The molecule has 0 bridgehead atoms. The first-order valence-corrected chi connectivity index (χ1v) is 3.67. The van der Waals surface area contributed by atoms with Gasteiger partial charge in [0, 0.05) is 0 Å². The van der Waals surface area contributed by atoms with Crippen molar-refractivity contribution in [3.05, 3.63) is 12.2 Å². The van der Waals surface area contributed by atoms with Gasteiger partial charge in [0.05, 0.1) is 0 Å². The zero-order chi connectivity index (χ0) is 6.69. The minimum Gasteiger partial charge on any atom is -0.317 e. The summed E-state index contributed by atoms with van der Waals surface area (Å²) in [5, 5.41) is 3.33. The predicted octanol–water partition coefficient (Wildman–Crippen LogP) is 2.20. The minimum absolute atomic E-state index is 0. The van der Waals surface area contributed by atoms with Crippen LogP contribution in [0.3, 0.4) is 0 Å². The van der Waals surface area contributed by atoms with Gasteiger partial charge in [-0.1, -0.05) is 19.6 Å². The van der Waals surface area contributed by atoms with Crippen LogP contribution in [0.25, 0.3) is 0 Å². The molecule has 1 heteroatoms. The van der Waals surface area contributed by atoms with Crippen molar-refractivity contribution in [2.75, 3.05) is 13.1 Å². The molecule has 0 aromatic heterocycles. The molecule has 0 aliphatic carbocycles. The van der Waals surface area contributed by atoms with E-state index in [0.717, 1.165) is 5.92 Å². The van der Waals surface area contributed by atoms with Crippen molar-refractivity contribution < 1.29 is 0 Å². The van der Waals surface area contributed by atoms with Gasteiger partial charge in [-0.2, -0.15) is 0 Å². The van der Waals surface area contributed by atoms with E-state index in [9.17, 15) is 0 Å². The van der Waals surface area contributed by atoms with Gasteiger partial charge in [-0.3, -0.25) is 0 Å². The van der Waals surface area contributed by atoms with Gasteiger partial charge in [0.2, 0.25) is 0 Å². The van der Waals surface area contributed by atoms with Crippen molar-refractivity contribution in [3.8, 4) is 0 Å². The van der Waals surface area contributed by atoms with Gasteiger partial charge in [-0.15, -0.1) is 0 Å². The monoisotopic (exact) mass is 141 g/mol. The molecule has 1 aliphatic rings. The summed E-state index contributed by atoms with van der Waals surface area (Å²) in [6, 6.07) is 0. The molecule has 1 nitrogen and oxygen atoms in total. The summed E-state index contributed by atoms with van der Waals surface area (Å²) in [5.41, 5.74) is 1.36. The van der Waals surface area contributed by atoms with E-state index in [0.29, 0.717) is 0 Å². The molecule has 1 aliphatic heterocycles. The molecule has 1 fully saturated rings. The van der Waals surface area contributed by atoms with Crippen LogP contribution in [0.15, 0.2) is 12.2 Å². The summed E-state index contributed by atoms with van der Waals surface area (Å²) < 4.78 is 0. The van der Waals surface area contributed by atoms with E-state index in [1.165, 1.54) is 31.5 Å². The Hall–Kier alpha value is -0.300. The van der Waals surface area contributed by atoms with E-state index < -0.39 is 0 Å². The normalized spacial score (nSPS) is 19.7. The lowest BCUT2D eigenvalue weighted by molar-refractivity contribution is 0.421. The molecule has 1 N–H and O–H groups in total. The summed E-state index contributed by atoms with van der Waals surface area (Å²) in [6.45, 7) is 8.44. The Kier molecular flexibility index (Phi) is 4.37. The third-order valence-corrected chi connectivity index (χ3v) is 2.04. The van der Waals surface area contributed by atoms with Gasteiger partial charge in [0.25, 0.3) is 0 Å². The minimum atomic E-state index is 0. The molecule has 1 rings (SSSR count). The van der Waals surface area contributed by atoms with Gasteiger partial charge in [-0.25, -0.2) is 0 Å². The largest absolute Gasteiger partial charge is 0.317 e. The number of hydrogen-bond acceptors (Lipinski definition) is 1. The van der Waals surface area contributed by atoms with E-state index in [4.69, 9.17) is 0 Å². The zero-order valence-electron chi connectivity index (χ0n) is 6.11. The first kappa shape index (κ1) is 9.70. The van der Waals surface area contributed by atoms with E-state index in [1.807, 2.05) is 0 Å². The second-order valence-corrected chi connectivity index (χ2v) is 2.87. The average Bonchev–Trinajstić information content (AvgIpc) is 1.90. The highest BCUT2D eigenvalue weighted by Gasteiger charge is 2.11. The lowest BCUT2D eigenvalue weighted by Gasteiger charge is -2.22. The lowest BCUT2D eigenvalue weighted by Crippen LogP contribution is -2.27. The third kappa shape index (κ3) is 2.53. The molecule has 0 aromatic carbocycles. The third-order valence-electron chi connectivity index (χ3n) is 2.04. The summed E-state index contributed by atoms with van der Waals surface area (Å²) in [7, 11) is 0. The van der Waals surface area contributed by atoms with Crippen molar-refractivity contribution in [3.63, 3.8) is 0 Å². The second-order valence-electron chi connectivity index (χ2n) is 2.87. The smallest absolute Gasteiger partial charge is 0.00432 e. The molecule has 0 radical (unpaired) electrons. The fourth-order valence-electron chi connectivity index (χ4n) is 1.31. The van der Waals surface area contributed by atoms with Crippen LogP contribution in [0.4, 0.5) is 0 Å². The maximum absolute atomic E-state index is 3.95. The van der Waals surface area contributed by atoms with Crippen molar-refractivity contribution in [2.24, 2.45) is 5.92 Å². The van der Waals surface area contributed by atoms with Crippen LogP contribution < -0.4 is 5.32 Å². The van der Waals surface area contributed by atoms with E-state index in [-0.39, 0.29) is 7.43 Å². The van der Waals surface area contributed by atoms with Crippen LogP contribution in [0.2, 0.25) is 0 Å². The molecule has 1 heterocycles. The lowest BCUT2D eigenvalue weighted by atomic mass is 9.92. The van der Waals surface area contributed by atoms with Crippen molar-refractivity contribution in [1.82, 2.24) is 5.32 Å². The van der Waals surface area contributed by atoms with Gasteiger partial charge in [0.1, 0.15) is 0 Å². The standard InChI is InChI=1S/C8H15N.CH4/c1-7(2)8-3-5-9-6-4-8;/h8-9H,1,3-6H2,2H3;1H4. The van der Waals surface area contributed by atoms with Crippen LogP contribution in [0.5, 0.6) is 0 Å². The van der Waals surface area contributed by atoms with Crippen LogP contribution >= 0.6 is 0 Å². The van der Waals surface area contributed by atoms with Crippen LogP contribution in [0, 0.1) is 5.92 Å². The van der Waals surface area contributed by atoms with Crippen molar-refractivity contribution in [2.45, 2.75) is 27.2 Å². The summed E-state index contributed by atoms with van der Waals surface area (Å²) in [5.74, 6) is 0.797. The predicted molar refractivity (Wildman–Crippen MR) is 47.1 cm³/mol. The highest BCUT2D eigenvalue weighted by molar-refractivity contribution is 4.97. The molecule has 1 saturated heterocycles. The number of nitrogens with one attached hydrogen (secondary N) is 1. The molecule has 0 atom stereocenters. The van der Waals surface area contributed by atoms with Crippen LogP contribution in [-0.4, -0.2) is 13.1 Å². The average molecular weight is 141 g/mol. The molecular weight excluding hydrogens is 122 g/mol. The SMILES string of the molecule is C.C=C(C)C1CCNCC1. The molecule has 60 valence electrons. The molecule has 0 aromatic rings. The fourth-order valence-corrected chi connectivity index (χ4v) is 1.31. The summed E-state index contributed by atoms with van der Waals surface area (Å²) in [6.07, 6.45) is 2.57. The highest BCUT2D eigenvalue weighted by Crippen LogP contribution is 2.18. The van der Waals surface area contributed by atoms with Crippen molar-refractivity contribution >= 4 is 0 Å². The maximum atomic E-state index is 3.95. The first-order chi connectivity index (χ1) is 4.30. The summed E-state index contributed by atoms with van der Waals surface area (Å²) >= 11 is 0. The highest BCUT2D eigenvalue weighted by atomic mass is 14.9. The Morgan fingerprint density at radius 2 is 1.90 bits per heavy atom. The topological polar surface area (TPSA) is 12.0 Å². The van der Waals surface area contributed by atoms with Gasteiger partial charge >= 0.3 is 0 Å².